The molecule has 2 rings (SSSR count). The highest BCUT2D eigenvalue weighted by Gasteiger charge is 2.06. The zero-order valence-electron chi connectivity index (χ0n) is 9.23. The van der Waals surface area contributed by atoms with Gasteiger partial charge in [0.25, 0.3) is 0 Å². The van der Waals surface area contributed by atoms with Crippen molar-refractivity contribution in [2.45, 2.75) is 6.54 Å². The molecule has 2 heterocycles. The molecule has 0 aromatic carbocycles. The highest BCUT2D eigenvalue weighted by Crippen LogP contribution is 2.24. The molecule has 0 atom stereocenters. The Balaban J connectivity index is 2.27. The minimum absolute atomic E-state index is 0.614. The van der Waals surface area contributed by atoms with Crippen molar-refractivity contribution in [3.8, 4) is 16.6 Å². The van der Waals surface area contributed by atoms with Crippen LogP contribution in [0.25, 0.3) is 10.7 Å². The normalized spacial score (nSPS) is 10.4. The molecule has 0 radical (unpaired) electrons. The fraction of sp³-hybridized carbons (Fsp3) is 0.273. The zero-order chi connectivity index (χ0) is 11.4. The number of rotatable bonds is 4. The molecule has 0 aliphatic carbocycles. The molecular formula is C11H13N3OS. The maximum atomic E-state index is 5.08. The Morgan fingerprint density at radius 2 is 2.31 bits per heavy atom. The summed E-state index contributed by atoms with van der Waals surface area (Å²) in [5.74, 6) is 0.614. The second kappa shape index (κ2) is 5.05. The van der Waals surface area contributed by atoms with E-state index in [1.165, 1.54) is 4.88 Å². The first-order valence-corrected chi connectivity index (χ1v) is 5.76. The molecule has 0 fully saturated rings. The standard InChI is InChI=1S/C11H13N3OS/c1-12-6-8-7-13-11(16-8)9-4-3-5-10(14-9)15-2/h3-5,7,12H,6H2,1-2H3. The van der Waals surface area contributed by atoms with Crippen molar-refractivity contribution in [1.29, 1.82) is 0 Å². The number of nitrogens with zero attached hydrogens (tertiary/aromatic N) is 2. The molecule has 0 amide bonds. The predicted octanol–water partition coefficient (Wildman–Crippen LogP) is 1.93. The SMILES string of the molecule is CNCc1cnc(-c2cccc(OC)n2)s1. The molecule has 0 unspecified atom stereocenters. The molecule has 4 nitrogen and oxygen atoms in total. The van der Waals surface area contributed by atoms with Crippen LogP contribution >= 0.6 is 11.3 Å². The lowest BCUT2D eigenvalue weighted by Gasteiger charge is -1.99. The van der Waals surface area contributed by atoms with Crippen molar-refractivity contribution < 1.29 is 4.74 Å². The van der Waals surface area contributed by atoms with Crippen molar-refractivity contribution >= 4 is 11.3 Å². The van der Waals surface area contributed by atoms with Crippen LogP contribution in [-0.2, 0) is 6.54 Å². The third-order valence-electron chi connectivity index (χ3n) is 2.06. The summed E-state index contributed by atoms with van der Waals surface area (Å²) in [6.45, 7) is 0.835. The van der Waals surface area contributed by atoms with Gasteiger partial charge >= 0.3 is 0 Å². The number of aromatic nitrogens is 2. The fourth-order valence-corrected chi connectivity index (χ4v) is 2.22. The molecule has 16 heavy (non-hydrogen) atoms. The maximum absolute atomic E-state index is 5.08. The average molecular weight is 235 g/mol. The van der Waals surface area contributed by atoms with E-state index in [4.69, 9.17) is 4.74 Å². The summed E-state index contributed by atoms with van der Waals surface area (Å²) < 4.78 is 5.08. The van der Waals surface area contributed by atoms with Gasteiger partial charge in [-0.15, -0.1) is 11.3 Å². The van der Waals surface area contributed by atoms with Crippen molar-refractivity contribution in [2.24, 2.45) is 0 Å². The van der Waals surface area contributed by atoms with Crippen LogP contribution in [0.15, 0.2) is 24.4 Å². The molecular weight excluding hydrogens is 222 g/mol. The van der Waals surface area contributed by atoms with E-state index in [1.807, 2.05) is 31.4 Å². The van der Waals surface area contributed by atoms with Crippen LogP contribution in [0.4, 0.5) is 0 Å². The maximum Gasteiger partial charge on any atom is 0.213 e. The van der Waals surface area contributed by atoms with Gasteiger partial charge in [0.05, 0.1) is 7.11 Å². The summed E-state index contributed by atoms with van der Waals surface area (Å²) in [6, 6.07) is 5.68. The Hall–Kier alpha value is -1.46. The van der Waals surface area contributed by atoms with E-state index in [9.17, 15) is 0 Å². The number of pyridine rings is 1. The van der Waals surface area contributed by atoms with E-state index in [2.05, 4.69) is 15.3 Å². The molecule has 0 saturated carbocycles. The van der Waals surface area contributed by atoms with Gasteiger partial charge in [0, 0.05) is 23.7 Å². The first kappa shape index (κ1) is 11.0. The zero-order valence-corrected chi connectivity index (χ0v) is 10.0. The Bertz CT molecular complexity index is 470. The van der Waals surface area contributed by atoms with E-state index in [0.29, 0.717) is 5.88 Å². The summed E-state index contributed by atoms with van der Waals surface area (Å²) in [5.41, 5.74) is 0.853. The summed E-state index contributed by atoms with van der Waals surface area (Å²) in [5, 5.41) is 4.02. The quantitative estimate of drug-likeness (QED) is 0.879. The smallest absolute Gasteiger partial charge is 0.213 e. The molecule has 0 bridgehead atoms. The number of hydrogen-bond donors (Lipinski definition) is 1. The van der Waals surface area contributed by atoms with E-state index in [0.717, 1.165) is 17.2 Å². The minimum atomic E-state index is 0.614. The number of nitrogens with one attached hydrogen (secondary N) is 1. The van der Waals surface area contributed by atoms with Crippen molar-refractivity contribution in [2.75, 3.05) is 14.2 Å². The third kappa shape index (κ3) is 2.37. The van der Waals surface area contributed by atoms with Gasteiger partial charge in [-0.2, -0.15) is 0 Å². The van der Waals surface area contributed by atoms with Crippen LogP contribution in [0.5, 0.6) is 5.88 Å². The van der Waals surface area contributed by atoms with Gasteiger partial charge in [-0.3, -0.25) is 0 Å². The summed E-state index contributed by atoms with van der Waals surface area (Å²) in [4.78, 5) is 9.88. The highest BCUT2D eigenvalue weighted by molar-refractivity contribution is 7.14. The van der Waals surface area contributed by atoms with Gasteiger partial charge in [-0.05, 0) is 13.1 Å². The molecule has 5 heteroatoms. The Kier molecular flexibility index (Phi) is 3.48. The van der Waals surface area contributed by atoms with E-state index >= 15 is 0 Å². The number of ether oxygens (including phenoxy) is 1. The van der Waals surface area contributed by atoms with Gasteiger partial charge < -0.3 is 10.1 Å². The third-order valence-corrected chi connectivity index (χ3v) is 3.08. The Morgan fingerprint density at radius 1 is 1.44 bits per heavy atom. The van der Waals surface area contributed by atoms with Crippen LogP contribution in [0, 0.1) is 0 Å². The van der Waals surface area contributed by atoms with E-state index in [-0.39, 0.29) is 0 Å². The van der Waals surface area contributed by atoms with Gasteiger partial charge in [-0.1, -0.05) is 6.07 Å². The lowest BCUT2D eigenvalue weighted by Crippen LogP contribution is -2.02. The monoisotopic (exact) mass is 235 g/mol. The lowest BCUT2D eigenvalue weighted by molar-refractivity contribution is 0.398. The summed E-state index contributed by atoms with van der Waals surface area (Å²) in [6.07, 6.45) is 1.87. The fourth-order valence-electron chi connectivity index (χ4n) is 1.33. The topological polar surface area (TPSA) is 47.0 Å². The predicted molar refractivity (Wildman–Crippen MR) is 64.7 cm³/mol. The Labute approximate surface area is 98.3 Å². The molecule has 0 spiro atoms. The number of methoxy groups -OCH3 is 1. The van der Waals surface area contributed by atoms with E-state index in [1.54, 1.807) is 18.4 Å². The van der Waals surface area contributed by atoms with Gasteiger partial charge in [0.15, 0.2) is 0 Å². The van der Waals surface area contributed by atoms with Gasteiger partial charge in [-0.25, -0.2) is 9.97 Å². The van der Waals surface area contributed by atoms with Crippen LogP contribution < -0.4 is 10.1 Å². The van der Waals surface area contributed by atoms with Gasteiger partial charge in [0.2, 0.25) is 5.88 Å². The van der Waals surface area contributed by atoms with Crippen LogP contribution in [0.2, 0.25) is 0 Å². The summed E-state index contributed by atoms with van der Waals surface area (Å²) in [7, 11) is 3.53. The molecule has 84 valence electrons. The van der Waals surface area contributed by atoms with Gasteiger partial charge in [0.1, 0.15) is 10.7 Å². The largest absolute Gasteiger partial charge is 0.481 e. The molecule has 0 aliphatic heterocycles. The lowest BCUT2D eigenvalue weighted by atomic mass is 10.3. The van der Waals surface area contributed by atoms with Crippen LogP contribution in [-0.4, -0.2) is 24.1 Å². The second-order valence-electron chi connectivity index (χ2n) is 3.23. The molecule has 2 aromatic heterocycles. The first-order chi connectivity index (χ1) is 7.83. The van der Waals surface area contributed by atoms with E-state index < -0.39 is 0 Å². The van der Waals surface area contributed by atoms with Crippen molar-refractivity contribution in [1.82, 2.24) is 15.3 Å². The Morgan fingerprint density at radius 3 is 3.06 bits per heavy atom. The molecule has 0 aliphatic rings. The highest BCUT2D eigenvalue weighted by atomic mass is 32.1. The second-order valence-corrected chi connectivity index (χ2v) is 4.34. The van der Waals surface area contributed by atoms with Crippen LogP contribution in [0.3, 0.4) is 0 Å². The average Bonchev–Trinajstić information content (AvgIpc) is 2.78. The first-order valence-electron chi connectivity index (χ1n) is 4.94. The molecule has 0 saturated heterocycles. The molecule has 1 N–H and O–H groups in total. The minimum Gasteiger partial charge on any atom is -0.481 e. The van der Waals surface area contributed by atoms with Crippen molar-refractivity contribution in [3.63, 3.8) is 0 Å². The summed E-state index contributed by atoms with van der Waals surface area (Å²) >= 11 is 1.64. The van der Waals surface area contributed by atoms with Crippen molar-refractivity contribution in [3.05, 3.63) is 29.3 Å². The molecule has 2 aromatic rings. The number of hydrogen-bond acceptors (Lipinski definition) is 5. The van der Waals surface area contributed by atoms with Crippen LogP contribution in [0.1, 0.15) is 4.88 Å². The number of thiazole rings is 1.